The predicted octanol–water partition coefficient (Wildman–Crippen LogP) is 3.19. The van der Waals surface area contributed by atoms with E-state index in [-0.39, 0.29) is 0 Å². The van der Waals surface area contributed by atoms with Crippen molar-refractivity contribution < 1.29 is 4.74 Å². The van der Waals surface area contributed by atoms with E-state index in [9.17, 15) is 0 Å². The largest absolute Gasteiger partial charge is 0.437 e. The van der Waals surface area contributed by atoms with Gasteiger partial charge in [-0.15, -0.1) is 0 Å². The van der Waals surface area contributed by atoms with Crippen LogP contribution < -0.4 is 10.5 Å². The second-order valence-corrected chi connectivity index (χ2v) is 4.52. The number of benzene rings is 2. The molecule has 2 N–H and O–H groups in total. The van der Waals surface area contributed by atoms with Crippen molar-refractivity contribution in [2.45, 2.75) is 13.5 Å². The topological polar surface area (TPSA) is 61.0 Å². The molecule has 0 saturated carbocycles. The molecule has 3 rings (SSSR count). The van der Waals surface area contributed by atoms with Crippen molar-refractivity contribution in [1.29, 1.82) is 0 Å². The first kappa shape index (κ1) is 12.6. The Morgan fingerprint density at radius 2 is 1.60 bits per heavy atom. The standard InChI is InChI=1S/C16H15N3O/c1-11-16(19-14-8-4-3-7-13(14)18-11)20-15-9-5-2-6-12(15)10-17/h2-9H,10,17H2,1H3. The number of para-hydroxylation sites is 3. The van der Waals surface area contributed by atoms with E-state index in [1.807, 2.05) is 55.5 Å². The molecule has 0 radical (unpaired) electrons. The number of nitrogens with two attached hydrogens (primary N) is 1. The van der Waals surface area contributed by atoms with Gasteiger partial charge in [-0.3, -0.25) is 0 Å². The Hall–Kier alpha value is -2.46. The summed E-state index contributed by atoms with van der Waals surface area (Å²) in [7, 11) is 0. The zero-order valence-electron chi connectivity index (χ0n) is 11.2. The fourth-order valence-corrected chi connectivity index (χ4v) is 2.04. The van der Waals surface area contributed by atoms with Crippen LogP contribution in [0.15, 0.2) is 48.5 Å². The van der Waals surface area contributed by atoms with Gasteiger partial charge in [0.1, 0.15) is 11.4 Å². The van der Waals surface area contributed by atoms with Crippen molar-refractivity contribution in [2.75, 3.05) is 0 Å². The highest BCUT2D eigenvalue weighted by molar-refractivity contribution is 5.74. The Bertz CT molecular complexity index is 756. The molecule has 0 amide bonds. The molecule has 2 aromatic carbocycles. The van der Waals surface area contributed by atoms with Gasteiger partial charge >= 0.3 is 0 Å². The van der Waals surface area contributed by atoms with Crippen LogP contribution >= 0.6 is 0 Å². The maximum atomic E-state index is 5.89. The summed E-state index contributed by atoms with van der Waals surface area (Å²) in [5.41, 5.74) is 9.11. The van der Waals surface area contributed by atoms with Gasteiger partial charge in [-0.25, -0.2) is 9.97 Å². The van der Waals surface area contributed by atoms with Crippen molar-refractivity contribution >= 4 is 11.0 Å². The zero-order chi connectivity index (χ0) is 13.9. The maximum absolute atomic E-state index is 5.89. The molecule has 0 unspecified atom stereocenters. The molecular formula is C16H15N3O. The molecule has 0 bridgehead atoms. The summed E-state index contributed by atoms with van der Waals surface area (Å²) in [5.74, 6) is 1.24. The van der Waals surface area contributed by atoms with Crippen LogP contribution in [0.1, 0.15) is 11.3 Å². The summed E-state index contributed by atoms with van der Waals surface area (Å²) in [5, 5.41) is 0. The smallest absolute Gasteiger partial charge is 0.241 e. The van der Waals surface area contributed by atoms with Gasteiger partial charge in [-0.05, 0) is 25.1 Å². The van der Waals surface area contributed by atoms with E-state index >= 15 is 0 Å². The van der Waals surface area contributed by atoms with Gasteiger partial charge in [-0.2, -0.15) is 0 Å². The summed E-state index contributed by atoms with van der Waals surface area (Å²) >= 11 is 0. The number of hydrogen-bond donors (Lipinski definition) is 1. The first-order valence-corrected chi connectivity index (χ1v) is 6.47. The van der Waals surface area contributed by atoms with Crippen molar-refractivity contribution in [2.24, 2.45) is 5.73 Å². The van der Waals surface area contributed by atoms with Crippen LogP contribution in [0.4, 0.5) is 0 Å². The summed E-state index contributed by atoms with van der Waals surface area (Å²) in [6.45, 7) is 2.32. The van der Waals surface area contributed by atoms with Crippen LogP contribution in [0, 0.1) is 6.92 Å². The first-order chi connectivity index (χ1) is 9.78. The van der Waals surface area contributed by atoms with Gasteiger partial charge in [0.15, 0.2) is 0 Å². The fourth-order valence-electron chi connectivity index (χ4n) is 2.04. The summed E-state index contributed by atoms with van der Waals surface area (Å²) < 4.78 is 5.89. The number of aromatic nitrogens is 2. The molecule has 3 aromatic rings. The lowest BCUT2D eigenvalue weighted by molar-refractivity contribution is 0.452. The van der Waals surface area contributed by atoms with Gasteiger partial charge in [0.25, 0.3) is 0 Å². The van der Waals surface area contributed by atoms with Crippen LogP contribution in [0.2, 0.25) is 0 Å². The summed E-state index contributed by atoms with van der Waals surface area (Å²) in [4.78, 5) is 9.03. The highest BCUT2D eigenvalue weighted by atomic mass is 16.5. The third-order valence-corrected chi connectivity index (χ3v) is 3.10. The van der Waals surface area contributed by atoms with Crippen LogP contribution in [0.5, 0.6) is 11.6 Å². The van der Waals surface area contributed by atoms with Gasteiger partial charge in [0, 0.05) is 12.1 Å². The zero-order valence-corrected chi connectivity index (χ0v) is 11.2. The highest BCUT2D eigenvalue weighted by Gasteiger charge is 2.09. The normalized spacial score (nSPS) is 10.7. The average Bonchev–Trinajstić information content (AvgIpc) is 2.48. The third kappa shape index (κ3) is 2.33. The predicted molar refractivity (Wildman–Crippen MR) is 78.7 cm³/mol. The molecule has 1 heterocycles. The highest BCUT2D eigenvalue weighted by Crippen LogP contribution is 2.26. The molecular weight excluding hydrogens is 250 g/mol. The Morgan fingerprint density at radius 3 is 2.35 bits per heavy atom. The van der Waals surface area contributed by atoms with Crippen molar-refractivity contribution in [3.63, 3.8) is 0 Å². The molecule has 0 aliphatic rings. The quantitative estimate of drug-likeness (QED) is 0.790. The molecule has 0 fully saturated rings. The van der Waals surface area contributed by atoms with E-state index in [2.05, 4.69) is 9.97 Å². The number of nitrogens with zero attached hydrogens (tertiary/aromatic N) is 2. The van der Waals surface area contributed by atoms with Crippen LogP contribution in [0.3, 0.4) is 0 Å². The molecule has 0 aliphatic heterocycles. The van der Waals surface area contributed by atoms with Crippen molar-refractivity contribution in [3.8, 4) is 11.6 Å². The van der Waals surface area contributed by atoms with Gasteiger partial charge in [0.2, 0.25) is 5.88 Å². The van der Waals surface area contributed by atoms with Crippen LogP contribution in [-0.4, -0.2) is 9.97 Å². The SMILES string of the molecule is Cc1nc2ccccc2nc1Oc1ccccc1CN. The first-order valence-electron chi connectivity index (χ1n) is 6.47. The van der Waals surface area contributed by atoms with E-state index in [4.69, 9.17) is 10.5 Å². The molecule has 1 aromatic heterocycles. The monoisotopic (exact) mass is 265 g/mol. The van der Waals surface area contributed by atoms with Gasteiger partial charge in [-0.1, -0.05) is 30.3 Å². The molecule has 100 valence electrons. The molecule has 4 nitrogen and oxygen atoms in total. The molecule has 0 saturated heterocycles. The Morgan fingerprint density at radius 1 is 0.950 bits per heavy atom. The van der Waals surface area contributed by atoms with E-state index in [1.54, 1.807) is 0 Å². The van der Waals surface area contributed by atoms with E-state index in [1.165, 1.54) is 0 Å². The Kier molecular flexibility index (Phi) is 3.31. The molecule has 0 aliphatic carbocycles. The average molecular weight is 265 g/mol. The maximum Gasteiger partial charge on any atom is 0.241 e. The van der Waals surface area contributed by atoms with Crippen LogP contribution in [-0.2, 0) is 6.54 Å². The number of rotatable bonds is 3. The van der Waals surface area contributed by atoms with E-state index in [0.717, 1.165) is 28.0 Å². The fraction of sp³-hybridized carbons (Fsp3) is 0.125. The minimum atomic E-state index is 0.427. The second-order valence-electron chi connectivity index (χ2n) is 4.52. The second kappa shape index (κ2) is 5.27. The summed E-state index contributed by atoms with van der Waals surface area (Å²) in [6, 6.07) is 15.4. The van der Waals surface area contributed by atoms with Crippen molar-refractivity contribution in [3.05, 3.63) is 59.8 Å². The molecule has 0 atom stereocenters. The molecule has 20 heavy (non-hydrogen) atoms. The summed E-state index contributed by atoms with van der Waals surface area (Å²) in [6.07, 6.45) is 0. The molecule has 0 spiro atoms. The van der Waals surface area contributed by atoms with E-state index in [0.29, 0.717) is 12.4 Å². The number of ether oxygens (including phenoxy) is 1. The van der Waals surface area contributed by atoms with Crippen molar-refractivity contribution in [1.82, 2.24) is 9.97 Å². The Labute approximate surface area is 117 Å². The van der Waals surface area contributed by atoms with Gasteiger partial charge in [0.05, 0.1) is 11.0 Å². The third-order valence-electron chi connectivity index (χ3n) is 3.10. The number of hydrogen-bond acceptors (Lipinski definition) is 4. The molecule has 4 heteroatoms. The minimum Gasteiger partial charge on any atom is -0.437 e. The minimum absolute atomic E-state index is 0.427. The lowest BCUT2D eigenvalue weighted by atomic mass is 10.2. The Balaban J connectivity index is 2.04. The lowest BCUT2D eigenvalue weighted by Gasteiger charge is -2.11. The number of fused-ring (bicyclic) bond motifs is 1. The van der Waals surface area contributed by atoms with Gasteiger partial charge < -0.3 is 10.5 Å². The number of aryl methyl sites for hydroxylation is 1. The lowest BCUT2D eigenvalue weighted by Crippen LogP contribution is -2.01. The van der Waals surface area contributed by atoms with E-state index < -0.39 is 0 Å². The van der Waals surface area contributed by atoms with Crippen LogP contribution in [0.25, 0.3) is 11.0 Å².